The first-order valence-electron chi connectivity index (χ1n) is 5.49. The zero-order chi connectivity index (χ0) is 11.4. The summed E-state index contributed by atoms with van der Waals surface area (Å²) in [6, 6.07) is 12.7. The lowest BCUT2D eigenvalue weighted by Crippen LogP contribution is -2.07. The molecule has 0 amide bonds. The minimum atomic E-state index is 0.295. The predicted molar refractivity (Wildman–Crippen MR) is 67.5 cm³/mol. The van der Waals surface area contributed by atoms with Gasteiger partial charge in [0.05, 0.1) is 0 Å². The maximum absolute atomic E-state index is 4.02. The van der Waals surface area contributed by atoms with Crippen molar-refractivity contribution in [2.24, 2.45) is 0 Å². The van der Waals surface area contributed by atoms with E-state index in [1.54, 1.807) is 0 Å². The summed E-state index contributed by atoms with van der Waals surface area (Å²) in [5, 5.41) is 3.50. The molecule has 0 spiro atoms. The van der Waals surface area contributed by atoms with E-state index in [-0.39, 0.29) is 0 Å². The van der Waals surface area contributed by atoms with Crippen LogP contribution in [0.3, 0.4) is 0 Å². The Bertz CT molecular complexity index is 451. The fraction of sp³-hybridized carbons (Fsp3) is 0.214. The van der Waals surface area contributed by atoms with E-state index in [0.717, 1.165) is 0 Å². The van der Waals surface area contributed by atoms with Crippen LogP contribution in [0.5, 0.6) is 0 Å². The van der Waals surface area contributed by atoms with Crippen LogP contribution in [0.15, 0.2) is 48.8 Å². The second-order valence-electron chi connectivity index (χ2n) is 3.96. The van der Waals surface area contributed by atoms with Gasteiger partial charge in [-0.2, -0.15) is 0 Å². The Kier molecular flexibility index (Phi) is 3.20. The van der Waals surface area contributed by atoms with Crippen molar-refractivity contribution in [3.05, 3.63) is 59.9 Å². The molecule has 1 N–H and O–H groups in total. The molecule has 0 bridgehead atoms. The van der Waals surface area contributed by atoms with Gasteiger partial charge in [-0.05, 0) is 43.2 Å². The van der Waals surface area contributed by atoms with Gasteiger partial charge in [-0.15, -0.1) is 0 Å². The van der Waals surface area contributed by atoms with Gasteiger partial charge < -0.3 is 5.32 Å². The van der Waals surface area contributed by atoms with Crippen LogP contribution in [0.4, 0.5) is 5.69 Å². The van der Waals surface area contributed by atoms with Crippen LogP contribution in [0.25, 0.3) is 0 Å². The first kappa shape index (κ1) is 10.7. The SMILES string of the molecule is Cc1ccccc1NC(C)c1ccncc1. The standard InChI is InChI=1S/C14H16N2/c1-11-5-3-4-6-14(11)16-12(2)13-7-9-15-10-8-13/h3-10,12,16H,1-2H3. The summed E-state index contributed by atoms with van der Waals surface area (Å²) < 4.78 is 0. The Morgan fingerprint density at radius 3 is 2.44 bits per heavy atom. The van der Waals surface area contributed by atoms with Crippen molar-refractivity contribution >= 4 is 5.69 Å². The third-order valence-electron chi connectivity index (χ3n) is 2.72. The van der Waals surface area contributed by atoms with Crippen molar-refractivity contribution in [2.75, 3.05) is 5.32 Å². The van der Waals surface area contributed by atoms with E-state index in [1.807, 2.05) is 24.5 Å². The molecule has 0 fully saturated rings. The van der Waals surface area contributed by atoms with Crippen LogP contribution >= 0.6 is 0 Å². The molecule has 0 saturated carbocycles. The second-order valence-corrected chi connectivity index (χ2v) is 3.96. The summed E-state index contributed by atoms with van der Waals surface area (Å²) >= 11 is 0. The predicted octanol–water partition coefficient (Wildman–Crippen LogP) is 3.56. The number of aryl methyl sites for hydroxylation is 1. The molecule has 1 aromatic heterocycles. The number of nitrogens with one attached hydrogen (secondary N) is 1. The third kappa shape index (κ3) is 2.40. The van der Waals surface area contributed by atoms with Crippen molar-refractivity contribution in [1.82, 2.24) is 4.98 Å². The smallest absolute Gasteiger partial charge is 0.0486 e. The zero-order valence-corrected chi connectivity index (χ0v) is 9.64. The van der Waals surface area contributed by atoms with E-state index in [2.05, 4.69) is 48.4 Å². The highest BCUT2D eigenvalue weighted by Crippen LogP contribution is 2.21. The highest BCUT2D eigenvalue weighted by molar-refractivity contribution is 5.51. The number of rotatable bonds is 3. The molecule has 2 heteroatoms. The number of hydrogen-bond acceptors (Lipinski definition) is 2. The van der Waals surface area contributed by atoms with Crippen LogP contribution in [0, 0.1) is 6.92 Å². The fourth-order valence-electron chi connectivity index (χ4n) is 1.70. The van der Waals surface area contributed by atoms with E-state index < -0.39 is 0 Å². The van der Waals surface area contributed by atoms with Gasteiger partial charge in [0, 0.05) is 24.1 Å². The molecular formula is C14H16N2. The molecule has 1 heterocycles. The average Bonchev–Trinajstić information content (AvgIpc) is 2.33. The van der Waals surface area contributed by atoms with E-state index in [9.17, 15) is 0 Å². The van der Waals surface area contributed by atoms with Crippen LogP contribution in [0.1, 0.15) is 24.1 Å². The first-order valence-corrected chi connectivity index (χ1v) is 5.49. The van der Waals surface area contributed by atoms with Gasteiger partial charge in [0.15, 0.2) is 0 Å². The molecule has 16 heavy (non-hydrogen) atoms. The van der Waals surface area contributed by atoms with Gasteiger partial charge in [-0.1, -0.05) is 18.2 Å². The Morgan fingerprint density at radius 1 is 1.06 bits per heavy atom. The van der Waals surface area contributed by atoms with E-state index >= 15 is 0 Å². The van der Waals surface area contributed by atoms with Crippen LogP contribution in [-0.4, -0.2) is 4.98 Å². The molecule has 0 aliphatic heterocycles. The van der Waals surface area contributed by atoms with Gasteiger partial charge in [0.2, 0.25) is 0 Å². The summed E-state index contributed by atoms with van der Waals surface area (Å²) in [7, 11) is 0. The fourth-order valence-corrected chi connectivity index (χ4v) is 1.70. The molecule has 1 aromatic carbocycles. The highest BCUT2D eigenvalue weighted by atomic mass is 14.9. The molecule has 2 rings (SSSR count). The van der Waals surface area contributed by atoms with Crippen molar-refractivity contribution in [3.63, 3.8) is 0 Å². The minimum Gasteiger partial charge on any atom is -0.378 e. The molecule has 0 aliphatic rings. The monoisotopic (exact) mass is 212 g/mol. The van der Waals surface area contributed by atoms with E-state index in [1.165, 1.54) is 16.8 Å². The Labute approximate surface area is 96.4 Å². The van der Waals surface area contributed by atoms with E-state index in [0.29, 0.717) is 6.04 Å². The van der Waals surface area contributed by atoms with Gasteiger partial charge >= 0.3 is 0 Å². The molecule has 82 valence electrons. The number of anilines is 1. The molecule has 0 saturated heterocycles. The molecule has 1 unspecified atom stereocenters. The van der Waals surface area contributed by atoms with Crippen LogP contribution in [0.2, 0.25) is 0 Å². The number of pyridine rings is 1. The summed E-state index contributed by atoms with van der Waals surface area (Å²) in [6.45, 7) is 4.27. The second kappa shape index (κ2) is 4.79. The topological polar surface area (TPSA) is 24.9 Å². The number of benzene rings is 1. The Balaban J connectivity index is 2.14. The van der Waals surface area contributed by atoms with Gasteiger partial charge in [0.25, 0.3) is 0 Å². The highest BCUT2D eigenvalue weighted by Gasteiger charge is 2.05. The maximum atomic E-state index is 4.02. The molecule has 0 radical (unpaired) electrons. The largest absolute Gasteiger partial charge is 0.378 e. The minimum absolute atomic E-state index is 0.295. The zero-order valence-electron chi connectivity index (χ0n) is 9.64. The molecule has 2 nitrogen and oxygen atoms in total. The van der Waals surface area contributed by atoms with Crippen molar-refractivity contribution in [2.45, 2.75) is 19.9 Å². The average molecular weight is 212 g/mol. The van der Waals surface area contributed by atoms with Crippen molar-refractivity contribution in [1.29, 1.82) is 0 Å². The van der Waals surface area contributed by atoms with Crippen molar-refractivity contribution < 1.29 is 0 Å². The van der Waals surface area contributed by atoms with Gasteiger partial charge in [0.1, 0.15) is 0 Å². The lowest BCUT2D eigenvalue weighted by molar-refractivity contribution is 0.878. The number of nitrogens with zero attached hydrogens (tertiary/aromatic N) is 1. The Morgan fingerprint density at radius 2 is 1.75 bits per heavy atom. The van der Waals surface area contributed by atoms with Crippen LogP contribution in [-0.2, 0) is 0 Å². The molecular weight excluding hydrogens is 196 g/mol. The van der Waals surface area contributed by atoms with Crippen molar-refractivity contribution in [3.8, 4) is 0 Å². The van der Waals surface area contributed by atoms with Gasteiger partial charge in [-0.3, -0.25) is 4.98 Å². The number of aromatic nitrogens is 1. The first-order chi connectivity index (χ1) is 7.77. The normalized spacial score (nSPS) is 12.1. The molecule has 2 aromatic rings. The summed E-state index contributed by atoms with van der Waals surface area (Å²) in [5.74, 6) is 0. The lowest BCUT2D eigenvalue weighted by atomic mass is 10.1. The number of para-hydroxylation sites is 1. The summed E-state index contributed by atoms with van der Waals surface area (Å²) in [6.07, 6.45) is 3.65. The van der Waals surface area contributed by atoms with Crippen LogP contribution < -0.4 is 5.32 Å². The lowest BCUT2D eigenvalue weighted by Gasteiger charge is -2.17. The maximum Gasteiger partial charge on any atom is 0.0486 e. The third-order valence-corrected chi connectivity index (χ3v) is 2.72. The number of hydrogen-bond donors (Lipinski definition) is 1. The molecule has 0 aliphatic carbocycles. The summed E-state index contributed by atoms with van der Waals surface area (Å²) in [4.78, 5) is 4.02. The molecule has 1 atom stereocenters. The summed E-state index contributed by atoms with van der Waals surface area (Å²) in [5.41, 5.74) is 3.70. The van der Waals surface area contributed by atoms with Gasteiger partial charge in [-0.25, -0.2) is 0 Å². The quantitative estimate of drug-likeness (QED) is 0.841. The Hall–Kier alpha value is -1.83. The van der Waals surface area contributed by atoms with E-state index in [4.69, 9.17) is 0 Å².